The first-order valence-electron chi connectivity index (χ1n) is 6.84. The molecule has 0 bridgehead atoms. The first-order chi connectivity index (χ1) is 8.21. The monoisotopic (exact) mass is 246 g/mol. The number of carbonyl (C=O) groups is 1. The van der Waals surface area contributed by atoms with Crippen molar-refractivity contribution in [3.05, 3.63) is 35.4 Å². The Balaban J connectivity index is 2.73. The topological polar surface area (TPSA) is 17.1 Å². The molecular formula is C17H26O. The molecule has 0 fully saturated rings. The highest BCUT2D eigenvalue weighted by atomic mass is 16.1. The van der Waals surface area contributed by atoms with Gasteiger partial charge in [-0.25, -0.2) is 0 Å². The van der Waals surface area contributed by atoms with E-state index in [-0.39, 0.29) is 11.3 Å². The zero-order valence-electron chi connectivity index (χ0n) is 12.6. The lowest BCUT2D eigenvalue weighted by atomic mass is 9.85. The van der Waals surface area contributed by atoms with Crippen molar-refractivity contribution in [3.63, 3.8) is 0 Å². The summed E-state index contributed by atoms with van der Waals surface area (Å²) in [7, 11) is 0. The second kappa shape index (κ2) is 5.69. The quantitative estimate of drug-likeness (QED) is 0.770. The van der Waals surface area contributed by atoms with Crippen molar-refractivity contribution < 1.29 is 4.79 Å². The van der Waals surface area contributed by atoms with E-state index in [0.29, 0.717) is 18.1 Å². The molecule has 0 aliphatic carbocycles. The maximum Gasteiger partial charge on any atom is 0.140 e. The molecule has 1 rings (SSSR count). The zero-order chi connectivity index (χ0) is 13.9. The van der Waals surface area contributed by atoms with Gasteiger partial charge in [0.05, 0.1) is 0 Å². The van der Waals surface area contributed by atoms with Crippen molar-refractivity contribution in [1.82, 2.24) is 0 Å². The largest absolute Gasteiger partial charge is 0.299 e. The molecule has 0 aliphatic heterocycles. The van der Waals surface area contributed by atoms with Crippen LogP contribution in [0.15, 0.2) is 24.3 Å². The van der Waals surface area contributed by atoms with Crippen LogP contribution in [0.4, 0.5) is 0 Å². The minimum atomic E-state index is 0.146. The summed E-state index contributed by atoms with van der Waals surface area (Å²) < 4.78 is 0. The lowest BCUT2D eigenvalue weighted by Gasteiger charge is -2.19. The summed E-state index contributed by atoms with van der Waals surface area (Å²) in [5.41, 5.74) is 2.62. The molecule has 0 saturated carbocycles. The summed E-state index contributed by atoms with van der Waals surface area (Å²) >= 11 is 0. The van der Waals surface area contributed by atoms with Gasteiger partial charge in [0.25, 0.3) is 0 Å². The standard InChI is InChI=1S/C17H26O/c1-12(2)13(3)16(18)11-14-7-9-15(10-8-14)17(4,5)6/h7-10,12-13H,11H2,1-6H3. The summed E-state index contributed by atoms with van der Waals surface area (Å²) in [6, 6.07) is 8.46. The molecule has 0 heterocycles. The van der Waals surface area contributed by atoms with E-state index in [1.54, 1.807) is 0 Å². The fourth-order valence-corrected chi connectivity index (χ4v) is 1.86. The Kier molecular flexibility index (Phi) is 4.72. The Labute approximate surface area is 112 Å². The van der Waals surface area contributed by atoms with Crippen molar-refractivity contribution >= 4 is 5.78 Å². The van der Waals surface area contributed by atoms with Gasteiger partial charge in [-0.15, -0.1) is 0 Å². The smallest absolute Gasteiger partial charge is 0.140 e. The van der Waals surface area contributed by atoms with Crippen LogP contribution < -0.4 is 0 Å². The summed E-state index contributed by atoms with van der Waals surface area (Å²) in [5.74, 6) is 0.909. The Hall–Kier alpha value is -1.11. The fourth-order valence-electron chi connectivity index (χ4n) is 1.86. The summed E-state index contributed by atoms with van der Waals surface area (Å²) in [6.45, 7) is 12.8. The number of hydrogen-bond acceptors (Lipinski definition) is 1. The molecule has 0 saturated heterocycles. The lowest BCUT2D eigenvalue weighted by molar-refractivity contribution is -0.122. The number of rotatable bonds is 4. The molecule has 0 aromatic heterocycles. The zero-order valence-corrected chi connectivity index (χ0v) is 12.6. The first-order valence-corrected chi connectivity index (χ1v) is 6.84. The van der Waals surface area contributed by atoms with Crippen molar-refractivity contribution in [2.75, 3.05) is 0 Å². The summed E-state index contributed by atoms with van der Waals surface area (Å²) in [4.78, 5) is 12.0. The van der Waals surface area contributed by atoms with Crippen molar-refractivity contribution in [3.8, 4) is 0 Å². The molecule has 0 radical (unpaired) electrons. The van der Waals surface area contributed by atoms with Gasteiger partial charge in [-0.3, -0.25) is 4.79 Å². The molecule has 1 atom stereocenters. The molecule has 1 aromatic carbocycles. The van der Waals surface area contributed by atoms with E-state index >= 15 is 0 Å². The third kappa shape index (κ3) is 3.97. The van der Waals surface area contributed by atoms with Gasteiger partial charge in [0.15, 0.2) is 0 Å². The van der Waals surface area contributed by atoms with Crippen LogP contribution in [-0.4, -0.2) is 5.78 Å². The third-order valence-corrected chi connectivity index (χ3v) is 3.71. The fraction of sp³-hybridized carbons (Fsp3) is 0.588. The maximum absolute atomic E-state index is 12.0. The Morgan fingerprint density at radius 3 is 1.94 bits per heavy atom. The average Bonchev–Trinajstić information content (AvgIpc) is 2.27. The van der Waals surface area contributed by atoms with Gasteiger partial charge in [0.1, 0.15) is 5.78 Å². The molecule has 0 aliphatic rings. The van der Waals surface area contributed by atoms with E-state index in [4.69, 9.17) is 0 Å². The van der Waals surface area contributed by atoms with Crippen LogP contribution in [0.25, 0.3) is 0 Å². The van der Waals surface area contributed by atoms with E-state index < -0.39 is 0 Å². The van der Waals surface area contributed by atoms with E-state index in [2.05, 4.69) is 58.9 Å². The van der Waals surface area contributed by atoms with Crippen LogP contribution in [0.1, 0.15) is 52.7 Å². The van der Waals surface area contributed by atoms with Gasteiger partial charge in [0, 0.05) is 12.3 Å². The molecule has 1 unspecified atom stereocenters. The minimum Gasteiger partial charge on any atom is -0.299 e. The van der Waals surface area contributed by atoms with E-state index in [1.165, 1.54) is 5.56 Å². The molecule has 1 aromatic rings. The second-order valence-electron chi connectivity index (χ2n) is 6.62. The molecule has 0 amide bonds. The molecule has 0 N–H and O–H groups in total. The summed E-state index contributed by atoms with van der Waals surface area (Å²) in [5, 5.41) is 0. The van der Waals surface area contributed by atoms with Gasteiger partial charge < -0.3 is 0 Å². The van der Waals surface area contributed by atoms with Crippen LogP contribution in [-0.2, 0) is 16.6 Å². The van der Waals surface area contributed by atoms with Gasteiger partial charge in [0.2, 0.25) is 0 Å². The Bertz CT molecular complexity index is 393. The highest BCUT2D eigenvalue weighted by Gasteiger charge is 2.17. The number of ketones is 1. The third-order valence-electron chi connectivity index (χ3n) is 3.71. The molecule has 0 spiro atoms. The van der Waals surface area contributed by atoms with Crippen LogP contribution in [0.5, 0.6) is 0 Å². The second-order valence-corrected chi connectivity index (χ2v) is 6.62. The van der Waals surface area contributed by atoms with Gasteiger partial charge in [-0.05, 0) is 22.5 Å². The van der Waals surface area contributed by atoms with Gasteiger partial charge in [-0.1, -0.05) is 65.8 Å². The SMILES string of the molecule is CC(C)C(C)C(=O)Cc1ccc(C(C)(C)C)cc1. The predicted octanol–water partition coefficient (Wildman–Crippen LogP) is 4.39. The highest BCUT2D eigenvalue weighted by Crippen LogP contribution is 2.23. The Morgan fingerprint density at radius 1 is 1.06 bits per heavy atom. The predicted molar refractivity (Wildman–Crippen MR) is 77.9 cm³/mol. The van der Waals surface area contributed by atoms with Crippen LogP contribution >= 0.6 is 0 Å². The number of hydrogen-bond donors (Lipinski definition) is 0. The minimum absolute atomic E-state index is 0.146. The Morgan fingerprint density at radius 2 is 1.56 bits per heavy atom. The molecule has 1 heteroatoms. The van der Waals surface area contributed by atoms with E-state index in [1.807, 2.05) is 6.92 Å². The van der Waals surface area contributed by atoms with Gasteiger partial charge >= 0.3 is 0 Å². The van der Waals surface area contributed by atoms with Crippen molar-refractivity contribution in [1.29, 1.82) is 0 Å². The first kappa shape index (κ1) is 14.9. The normalized spacial score (nSPS) is 13.7. The average molecular weight is 246 g/mol. The lowest BCUT2D eigenvalue weighted by Crippen LogP contribution is -2.19. The number of carbonyl (C=O) groups excluding carboxylic acids is 1. The van der Waals surface area contributed by atoms with Crippen LogP contribution in [0.3, 0.4) is 0 Å². The molecule has 100 valence electrons. The van der Waals surface area contributed by atoms with E-state index in [0.717, 1.165) is 5.56 Å². The highest BCUT2D eigenvalue weighted by molar-refractivity contribution is 5.83. The molecular weight excluding hydrogens is 220 g/mol. The van der Waals surface area contributed by atoms with Gasteiger partial charge in [-0.2, -0.15) is 0 Å². The van der Waals surface area contributed by atoms with Crippen LogP contribution in [0.2, 0.25) is 0 Å². The number of Topliss-reactive ketones (excluding diaryl/α,β-unsaturated/α-hetero) is 1. The van der Waals surface area contributed by atoms with Crippen molar-refractivity contribution in [2.45, 2.75) is 53.4 Å². The van der Waals surface area contributed by atoms with Crippen molar-refractivity contribution in [2.24, 2.45) is 11.8 Å². The maximum atomic E-state index is 12.0. The molecule has 1 nitrogen and oxygen atoms in total. The van der Waals surface area contributed by atoms with Crippen LogP contribution in [0, 0.1) is 11.8 Å². The summed E-state index contributed by atoms with van der Waals surface area (Å²) in [6.07, 6.45) is 0.559. The molecule has 18 heavy (non-hydrogen) atoms. The number of benzene rings is 1. The van der Waals surface area contributed by atoms with E-state index in [9.17, 15) is 4.79 Å².